The van der Waals surface area contributed by atoms with E-state index in [9.17, 15) is 4.79 Å². The van der Waals surface area contributed by atoms with Crippen LogP contribution in [0.2, 0.25) is 0 Å². The van der Waals surface area contributed by atoms with Gasteiger partial charge in [-0.1, -0.05) is 19.1 Å². The van der Waals surface area contributed by atoms with Crippen LogP contribution in [0, 0.1) is 29.1 Å². The molecular formula is C18H22O2. The van der Waals surface area contributed by atoms with Gasteiger partial charge in [0.15, 0.2) is 0 Å². The Morgan fingerprint density at radius 1 is 1.40 bits per heavy atom. The van der Waals surface area contributed by atoms with E-state index in [1.165, 1.54) is 18.4 Å². The second-order valence-corrected chi connectivity index (χ2v) is 7.11. The molecule has 3 fully saturated rings. The quantitative estimate of drug-likeness (QED) is 0.837. The highest BCUT2D eigenvalue weighted by molar-refractivity contribution is 5.91. The maximum absolute atomic E-state index is 12.5. The molecule has 2 heteroatoms. The van der Waals surface area contributed by atoms with Crippen molar-refractivity contribution in [1.29, 1.82) is 0 Å². The predicted molar refractivity (Wildman–Crippen MR) is 77.6 cm³/mol. The Kier molecular flexibility index (Phi) is 2.55. The zero-order chi connectivity index (χ0) is 13.9. The number of methoxy groups -OCH3 is 1. The van der Waals surface area contributed by atoms with Gasteiger partial charge in [-0.3, -0.25) is 4.79 Å². The number of carbonyl (C=O) groups excluding carboxylic acids is 1. The van der Waals surface area contributed by atoms with Crippen LogP contribution in [0.4, 0.5) is 0 Å². The molecule has 0 saturated heterocycles. The van der Waals surface area contributed by atoms with Gasteiger partial charge in [0, 0.05) is 11.8 Å². The molecule has 20 heavy (non-hydrogen) atoms. The van der Waals surface area contributed by atoms with Crippen molar-refractivity contribution in [1.82, 2.24) is 0 Å². The second kappa shape index (κ2) is 4.09. The first kappa shape index (κ1) is 12.4. The molecule has 0 aliphatic heterocycles. The summed E-state index contributed by atoms with van der Waals surface area (Å²) in [6, 6.07) is 8.25. The van der Waals surface area contributed by atoms with Gasteiger partial charge in [0.1, 0.15) is 11.5 Å². The lowest BCUT2D eigenvalue weighted by atomic mass is 9.85. The molecule has 5 unspecified atom stereocenters. The standard InChI is InChI=1S/C18H22O2/c1-18-9-8-13-14(17(19)16(18)15(13)18)7-6-11-4-3-5-12(10-11)20-2/h3-5,10,13-16H,6-9H2,1-2H3. The molecule has 1 aromatic carbocycles. The van der Waals surface area contributed by atoms with Crippen LogP contribution in [0.25, 0.3) is 0 Å². The van der Waals surface area contributed by atoms with Crippen LogP contribution in [0.3, 0.4) is 0 Å². The van der Waals surface area contributed by atoms with E-state index in [1.807, 2.05) is 12.1 Å². The molecule has 4 rings (SSSR count). The van der Waals surface area contributed by atoms with Crippen LogP contribution >= 0.6 is 0 Å². The SMILES string of the molecule is COc1cccc(CCC2C(=O)C3C4C2CCC34C)c1. The summed E-state index contributed by atoms with van der Waals surface area (Å²) in [4.78, 5) is 12.5. The number of ketones is 1. The number of Topliss-reactive ketones (excluding diaryl/α,β-unsaturated/α-hetero) is 1. The Balaban J connectivity index is 1.44. The van der Waals surface area contributed by atoms with E-state index < -0.39 is 0 Å². The van der Waals surface area contributed by atoms with Crippen LogP contribution in [0.15, 0.2) is 24.3 Å². The Morgan fingerprint density at radius 3 is 3.00 bits per heavy atom. The largest absolute Gasteiger partial charge is 0.497 e. The number of benzene rings is 1. The number of rotatable bonds is 4. The normalized spacial score (nSPS) is 40.8. The highest BCUT2D eigenvalue weighted by Crippen LogP contribution is 2.77. The first-order valence-corrected chi connectivity index (χ1v) is 7.82. The van der Waals surface area contributed by atoms with Crippen molar-refractivity contribution in [3.8, 4) is 5.75 Å². The summed E-state index contributed by atoms with van der Waals surface area (Å²) in [6.07, 6.45) is 4.60. The van der Waals surface area contributed by atoms with E-state index in [0.29, 0.717) is 29.0 Å². The van der Waals surface area contributed by atoms with Gasteiger partial charge in [0.05, 0.1) is 7.11 Å². The fourth-order valence-electron chi connectivity index (χ4n) is 5.22. The highest BCUT2D eigenvalue weighted by Gasteiger charge is 2.76. The maximum atomic E-state index is 12.5. The molecular weight excluding hydrogens is 248 g/mol. The minimum Gasteiger partial charge on any atom is -0.497 e. The van der Waals surface area contributed by atoms with Gasteiger partial charge in [-0.2, -0.15) is 0 Å². The summed E-state index contributed by atoms with van der Waals surface area (Å²) in [5.74, 6) is 3.70. The lowest BCUT2D eigenvalue weighted by Crippen LogP contribution is -2.20. The minimum atomic E-state index is 0.340. The van der Waals surface area contributed by atoms with Crippen LogP contribution in [0.5, 0.6) is 5.75 Å². The lowest BCUT2D eigenvalue weighted by Gasteiger charge is -2.18. The molecule has 3 aliphatic carbocycles. The molecule has 0 heterocycles. The number of carbonyl (C=O) groups is 1. The van der Waals surface area contributed by atoms with Crippen molar-refractivity contribution < 1.29 is 9.53 Å². The molecule has 0 bridgehead atoms. The fraction of sp³-hybridized carbons (Fsp3) is 0.611. The predicted octanol–water partition coefficient (Wildman–Crippen LogP) is 3.49. The van der Waals surface area contributed by atoms with Gasteiger partial charge in [-0.05, 0) is 60.6 Å². The maximum Gasteiger partial charge on any atom is 0.140 e. The van der Waals surface area contributed by atoms with Crippen LogP contribution in [-0.4, -0.2) is 12.9 Å². The van der Waals surface area contributed by atoms with Crippen molar-refractivity contribution in [2.24, 2.45) is 29.1 Å². The molecule has 0 radical (unpaired) electrons. The minimum absolute atomic E-state index is 0.340. The van der Waals surface area contributed by atoms with E-state index >= 15 is 0 Å². The summed E-state index contributed by atoms with van der Waals surface area (Å²) in [6.45, 7) is 2.33. The third-order valence-electron chi connectivity index (χ3n) is 6.27. The van der Waals surface area contributed by atoms with Crippen LogP contribution in [-0.2, 0) is 11.2 Å². The summed E-state index contributed by atoms with van der Waals surface area (Å²) >= 11 is 0. The molecule has 3 aliphatic rings. The summed E-state index contributed by atoms with van der Waals surface area (Å²) in [7, 11) is 1.70. The van der Waals surface area contributed by atoms with Gasteiger partial charge in [-0.15, -0.1) is 0 Å². The molecule has 0 aromatic heterocycles. The van der Waals surface area contributed by atoms with Gasteiger partial charge < -0.3 is 4.74 Å². The van der Waals surface area contributed by atoms with E-state index in [2.05, 4.69) is 19.1 Å². The first-order valence-electron chi connectivity index (χ1n) is 7.82. The van der Waals surface area contributed by atoms with Crippen molar-refractivity contribution in [3.63, 3.8) is 0 Å². The third kappa shape index (κ3) is 1.54. The third-order valence-corrected chi connectivity index (χ3v) is 6.27. The van der Waals surface area contributed by atoms with Crippen molar-refractivity contribution in [3.05, 3.63) is 29.8 Å². The molecule has 0 amide bonds. The molecule has 5 atom stereocenters. The van der Waals surface area contributed by atoms with E-state index in [0.717, 1.165) is 24.5 Å². The molecule has 106 valence electrons. The van der Waals surface area contributed by atoms with Crippen LogP contribution in [0.1, 0.15) is 31.7 Å². The summed E-state index contributed by atoms with van der Waals surface area (Å²) in [5, 5.41) is 0. The monoisotopic (exact) mass is 270 g/mol. The number of hydrogen-bond acceptors (Lipinski definition) is 2. The van der Waals surface area contributed by atoms with Gasteiger partial charge in [0.25, 0.3) is 0 Å². The number of ether oxygens (including phenoxy) is 1. The second-order valence-electron chi connectivity index (χ2n) is 7.11. The van der Waals surface area contributed by atoms with Crippen molar-refractivity contribution in [2.75, 3.05) is 7.11 Å². The number of aryl methyl sites for hydroxylation is 1. The molecule has 0 N–H and O–H groups in total. The van der Waals surface area contributed by atoms with Crippen molar-refractivity contribution in [2.45, 2.75) is 32.6 Å². The van der Waals surface area contributed by atoms with Gasteiger partial charge >= 0.3 is 0 Å². The van der Waals surface area contributed by atoms with Crippen molar-refractivity contribution >= 4 is 5.78 Å². The summed E-state index contributed by atoms with van der Waals surface area (Å²) in [5.41, 5.74) is 1.70. The Bertz CT molecular complexity index is 564. The van der Waals surface area contributed by atoms with Crippen LogP contribution < -0.4 is 4.74 Å². The fourth-order valence-corrected chi connectivity index (χ4v) is 5.22. The molecule has 0 spiro atoms. The molecule has 3 saturated carbocycles. The lowest BCUT2D eigenvalue weighted by molar-refractivity contribution is -0.124. The topological polar surface area (TPSA) is 26.3 Å². The van der Waals surface area contributed by atoms with Gasteiger partial charge in [0.2, 0.25) is 0 Å². The van der Waals surface area contributed by atoms with E-state index in [-0.39, 0.29) is 0 Å². The zero-order valence-electron chi connectivity index (χ0n) is 12.3. The average Bonchev–Trinajstić information content (AvgIpc) is 2.79. The number of fused-ring (bicyclic) bond motifs is 1. The average molecular weight is 270 g/mol. The molecule has 2 nitrogen and oxygen atoms in total. The highest BCUT2D eigenvalue weighted by atomic mass is 16.5. The smallest absolute Gasteiger partial charge is 0.140 e. The Labute approximate surface area is 120 Å². The Morgan fingerprint density at radius 2 is 2.25 bits per heavy atom. The van der Waals surface area contributed by atoms with Gasteiger partial charge in [-0.25, -0.2) is 0 Å². The zero-order valence-corrected chi connectivity index (χ0v) is 12.3. The first-order chi connectivity index (χ1) is 9.65. The summed E-state index contributed by atoms with van der Waals surface area (Å²) < 4.78 is 5.27. The van der Waals surface area contributed by atoms with E-state index in [1.54, 1.807) is 7.11 Å². The Hall–Kier alpha value is -1.31. The number of hydrogen-bond donors (Lipinski definition) is 0. The molecule has 1 aromatic rings. The van der Waals surface area contributed by atoms with E-state index in [4.69, 9.17) is 4.74 Å².